The number of ether oxygens (including phenoxy) is 1. The first kappa shape index (κ1) is 16.7. The molecule has 1 heterocycles. The standard InChI is InChI=1S/C17H21N3O3/c1-3-12-23-14-6-4-13(5-7-14)15(21)8-9-17(22)18-16-10-11-20(2)19-16/h4-7,10-11H,3,8-9,12H2,1-2H3,(H,18,19,22). The van der Waals surface area contributed by atoms with E-state index in [4.69, 9.17) is 4.74 Å². The van der Waals surface area contributed by atoms with Crippen molar-refractivity contribution in [1.82, 2.24) is 9.78 Å². The first-order chi connectivity index (χ1) is 11.1. The third-order valence-electron chi connectivity index (χ3n) is 3.21. The summed E-state index contributed by atoms with van der Waals surface area (Å²) in [4.78, 5) is 23.9. The molecule has 23 heavy (non-hydrogen) atoms. The third-order valence-corrected chi connectivity index (χ3v) is 3.21. The molecule has 2 aromatic rings. The van der Waals surface area contributed by atoms with Crippen molar-refractivity contribution < 1.29 is 14.3 Å². The number of aryl methyl sites for hydroxylation is 1. The van der Waals surface area contributed by atoms with Crippen LogP contribution in [0.2, 0.25) is 0 Å². The van der Waals surface area contributed by atoms with E-state index in [0.717, 1.165) is 12.2 Å². The molecule has 1 N–H and O–H groups in total. The van der Waals surface area contributed by atoms with E-state index in [-0.39, 0.29) is 24.5 Å². The summed E-state index contributed by atoms with van der Waals surface area (Å²) in [5, 5.41) is 6.71. The molecule has 2 rings (SSSR count). The quantitative estimate of drug-likeness (QED) is 0.760. The van der Waals surface area contributed by atoms with Crippen molar-refractivity contribution in [2.75, 3.05) is 11.9 Å². The van der Waals surface area contributed by atoms with Crippen molar-refractivity contribution in [2.45, 2.75) is 26.2 Å². The maximum absolute atomic E-state index is 12.1. The third kappa shape index (κ3) is 5.25. The van der Waals surface area contributed by atoms with E-state index in [0.29, 0.717) is 18.0 Å². The van der Waals surface area contributed by atoms with Crippen LogP contribution in [-0.4, -0.2) is 28.1 Å². The van der Waals surface area contributed by atoms with E-state index in [1.807, 2.05) is 6.92 Å². The van der Waals surface area contributed by atoms with Gasteiger partial charge < -0.3 is 10.1 Å². The Hall–Kier alpha value is -2.63. The molecule has 0 radical (unpaired) electrons. The number of nitrogens with one attached hydrogen (secondary N) is 1. The second-order valence-corrected chi connectivity index (χ2v) is 5.22. The predicted octanol–water partition coefficient (Wildman–Crippen LogP) is 2.81. The SMILES string of the molecule is CCCOc1ccc(C(=O)CCC(=O)Nc2ccn(C)n2)cc1. The van der Waals surface area contributed by atoms with Crippen molar-refractivity contribution in [1.29, 1.82) is 0 Å². The minimum Gasteiger partial charge on any atom is -0.494 e. The highest BCUT2D eigenvalue weighted by Crippen LogP contribution is 2.14. The zero-order valence-corrected chi connectivity index (χ0v) is 13.4. The Morgan fingerprint density at radius 3 is 2.52 bits per heavy atom. The second kappa shape index (κ2) is 8.12. The lowest BCUT2D eigenvalue weighted by Crippen LogP contribution is -2.14. The molecule has 0 saturated heterocycles. The Morgan fingerprint density at radius 1 is 1.17 bits per heavy atom. The summed E-state index contributed by atoms with van der Waals surface area (Å²) in [5.74, 6) is 0.946. The number of carbonyl (C=O) groups excluding carboxylic acids is 2. The number of amides is 1. The molecule has 1 aromatic carbocycles. The number of hydrogen-bond acceptors (Lipinski definition) is 4. The van der Waals surface area contributed by atoms with E-state index < -0.39 is 0 Å². The average Bonchev–Trinajstić information content (AvgIpc) is 2.96. The van der Waals surface area contributed by atoms with Crippen LogP contribution in [0, 0.1) is 0 Å². The zero-order valence-electron chi connectivity index (χ0n) is 13.4. The monoisotopic (exact) mass is 315 g/mol. The Balaban J connectivity index is 1.80. The van der Waals surface area contributed by atoms with Gasteiger partial charge in [-0.1, -0.05) is 6.92 Å². The summed E-state index contributed by atoms with van der Waals surface area (Å²) in [6.07, 6.45) is 2.96. The van der Waals surface area contributed by atoms with Crippen molar-refractivity contribution in [3.8, 4) is 5.75 Å². The van der Waals surface area contributed by atoms with Crippen molar-refractivity contribution >= 4 is 17.5 Å². The summed E-state index contributed by atoms with van der Waals surface area (Å²) in [7, 11) is 1.77. The fraction of sp³-hybridized carbons (Fsp3) is 0.353. The van der Waals surface area contributed by atoms with Gasteiger partial charge >= 0.3 is 0 Å². The number of aromatic nitrogens is 2. The highest BCUT2D eigenvalue weighted by molar-refractivity contribution is 5.99. The molecule has 0 aliphatic rings. The van der Waals surface area contributed by atoms with E-state index in [1.165, 1.54) is 0 Å². The predicted molar refractivity (Wildman–Crippen MR) is 87.6 cm³/mol. The van der Waals surface area contributed by atoms with E-state index >= 15 is 0 Å². The van der Waals surface area contributed by atoms with Crippen LogP contribution in [0.25, 0.3) is 0 Å². The maximum atomic E-state index is 12.1. The molecule has 1 amide bonds. The van der Waals surface area contributed by atoms with Gasteiger partial charge in [-0.05, 0) is 30.7 Å². The minimum absolute atomic E-state index is 0.0665. The van der Waals surface area contributed by atoms with Gasteiger partial charge in [0.25, 0.3) is 0 Å². The topological polar surface area (TPSA) is 73.2 Å². The van der Waals surface area contributed by atoms with Gasteiger partial charge in [-0.25, -0.2) is 0 Å². The fourth-order valence-corrected chi connectivity index (χ4v) is 2.02. The molecule has 0 saturated carbocycles. The Labute approximate surface area is 135 Å². The fourth-order valence-electron chi connectivity index (χ4n) is 2.02. The van der Waals surface area contributed by atoms with Crippen molar-refractivity contribution in [3.05, 3.63) is 42.1 Å². The van der Waals surface area contributed by atoms with Crippen LogP contribution in [0.15, 0.2) is 36.5 Å². The number of Topliss-reactive ketones (excluding diaryl/α,β-unsaturated/α-hetero) is 1. The minimum atomic E-state index is -0.222. The molecule has 1 aromatic heterocycles. The molecule has 6 nitrogen and oxygen atoms in total. The van der Waals surface area contributed by atoms with E-state index in [2.05, 4.69) is 10.4 Å². The number of nitrogens with zero attached hydrogens (tertiary/aromatic N) is 2. The van der Waals surface area contributed by atoms with Gasteiger partial charge in [0, 0.05) is 37.7 Å². The highest BCUT2D eigenvalue weighted by Gasteiger charge is 2.10. The molecule has 122 valence electrons. The molecule has 0 unspecified atom stereocenters. The van der Waals surface area contributed by atoms with Gasteiger partial charge in [-0.15, -0.1) is 0 Å². The van der Waals surface area contributed by atoms with Crippen LogP contribution in [-0.2, 0) is 11.8 Å². The lowest BCUT2D eigenvalue weighted by molar-refractivity contribution is -0.116. The number of anilines is 1. The Bertz CT molecular complexity index is 662. The van der Waals surface area contributed by atoms with E-state index in [1.54, 1.807) is 48.3 Å². The number of ketones is 1. The average molecular weight is 315 g/mol. The van der Waals surface area contributed by atoms with Gasteiger partial charge in [0.15, 0.2) is 11.6 Å². The summed E-state index contributed by atoms with van der Waals surface area (Å²) >= 11 is 0. The number of benzene rings is 1. The van der Waals surface area contributed by atoms with Crippen molar-refractivity contribution in [2.24, 2.45) is 7.05 Å². The van der Waals surface area contributed by atoms with Gasteiger partial charge in [-0.3, -0.25) is 14.3 Å². The molecular weight excluding hydrogens is 294 g/mol. The zero-order chi connectivity index (χ0) is 16.7. The first-order valence-electron chi connectivity index (χ1n) is 7.64. The molecule has 0 bridgehead atoms. The molecule has 0 atom stereocenters. The van der Waals surface area contributed by atoms with Crippen LogP contribution in [0.4, 0.5) is 5.82 Å². The smallest absolute Gasteiger partial charge is 0.226 e. The van der Waals surface area contributed by atoms with Crippen LogP contribution < -0.4 is 10.1 Å². The highest BCUT2D eigenvalue weighted by atomic mass is 16.5. The van der Waals surface area contributed by atoms with Gasteiger partial charge in [0.1, 0.15) is 5.75 Å². The number of carbonyl (C=O) groups is 2. The summed E-state index contributed by atoms with van der Waals surface area (Å²) in [5.41, 5.74) is 0.583. The maximum Gasteiger partial charge on any atom is 0.226 e. The molecule has 6 heteroatoms. The second-order valence-electron chi connectivity index (χ2n) is 5.22. The summed E-state index contributed by atoms with van der Waals surface area (Å²) in [6, 6.07) is 8.70. The van der Waals surface area contributed by atoms with Gasteiger partial charge in [-0.2, -0.15) is 5.10 Å². The van der Waals surface area contributed by atoms with E-state index in [9.17, 15) is 9.59 Å². The number of rotatable bonds is 8. The van der Waals surface area contributed by atoms with Crippen LogP contribution >= 0.6 is 0 Å². The Kier molecular flexibility index (Phi) is 5.91. The lowest BCUT2D eigenvalue weighted by atomic mass is 10.1. The molecule has 0 spiro atoms. The first-order valence-corrected chi connectivity index (χ1v) is 7.64. The molecular formula is C17H21N3O3. The van der Waals surface area contributed by atoms with Crippen LogP contribution in [0.1, 0.15) is 36.5 Å². The molecule has 0 aliphatic heterocycles. The van der Waals surface area contributed by atoms with Gasteiger partial charge in [0.05, 0.1) is 6.61 Å². The number of hydrogen-bond donors (Lipinski definition) is 1. The lowest BCUT2D eigenvalue weighted by Gasteiger charge is -2.06. The normalized spacial score (nSPS) is 10.3. The summed E-state index contributed by atoms with van der Waals surface area (Å²) < 4.78 is 7.07. The van der Waals surface area contributed by atoms with Crippen LogP contribution in [0.5, 0.6) is 5.75 Å². The largest absolute Gasteiger partial charge is 0.494 e. The Morgan fingerprint density at radius 2 is 1.91 bits per heavy atom. The van der Waals surface area contributed by atoms with Crippen molar-refractivity contribution in [3.63, 3.8) is 0 Å². The van der Waals surface area contributed by atoms with Gasteiger partial charge in [0.2, 0.25) is 5.91 Å². The molecule has 0 aliphatic carbocycles. The summed E-state index contributed by atoms with van der Waals surface area (Å²) in [6.45, 7) is 2.69. The molecule has 0 fully saturated rings. The van der Waals surface area contributed by atoms with Crippen LogP contribution in [0.3, 0.4) is 0 Å².